The molecule has 35 heavy (non-hydrogen) atoms. The van der Waals surface area contributed by atoms with Crippen LogP contribution in [0.5, 0.6) is 5.75 Å². The minimum Gasteiger partial charge on any atom is -0.489 e. The summed E-state index contributed by atoms with van der Waals surface area (Å²) in [5, 5.41) is 3.93. The Bertz CT molecular complexity index is 1410. The van der Waals surface area contributed by atoms with Gasteiger partial charge in [0.05, 0.1) is 23.8 Å². The maximum absolute atomic E-state index is 13.7. The molecule has 0 amide bonds. The van der Waals surface area contributed by atoms with Crippen LogP contribution in [0.3, 0.4) is 0 Å². The third-order valence-corrected chi connectivity index (χ3v) is 6.68. The summed E-state index contributed by atoms with van der Waals surface area (Å²) in [6.45, 7) is 4.08. The van der Waals surface area contributed by atoms with Crippen molar-refractivity contribution in [3.63, 3.8) is 0 Å². The van der Waals surface area contributed by atoms with Crippen molar-refractivity contribution in [1.82, 2.24) is 5.32 Å². The third-order valence-electron chi connectivity index (χ3n) is 6.32. The van der Waals surface area contributed by atoms with E-state index in [1.165, 1.54) is 0 Å². The molecular formula is C29H24ClNO4. The smallest absolute Gasteiger partial charge is 0.336 e. The lowest BCUT2D eigenvalue weighted by molar-refractivity contribution is -0.138. The molecular weight excluding hydrogens is 462 g/mol. The first-order chi connectivity index (χ1) is 17.0. The van der Waals surface area contributed by atoms with Gasteiger partial charge in [0.2, 0.25) is 0 Å². The minimum atomic E-state index is -0.646. The van der Waals surface area contributed by atoms with Crippen molar-refractivity contribution in [3.8, 4) is 5.75 Å². The molecule has 0 unspecified atom stereocenters. The van der Waals surface area contributed by atoms with Crippen LogP contribution in [0.4, 0.5) is 0 Å². The molecule has 1 aliphatic carbocycles. The molecule has 6 heteroatoms. The fraction of sp³-hybridized carbons (Fsp3) is 0.172. The highest BCUT2D eigenvalue weighted by molar-refractivity contribution is 6.31. The molecule has 0 spiro atoms. The second-order valence-corrected chi connectivity index (χ2v) is 8.81. The highest BCUT2D eigenvalue weighted by Crippen LogP contribution is 2.48. The van der Waals surface area contributed by atoms with Crippen molar-refractivity contribution in [2.45, 2.75) is 26.4 Å². The van der Waals surface area contributed by atoms with Gasteiger partial charge >= 0.3 is 5.97 Å². The molecule has 0 bridgehead atoms. The average Bonchev–Trinajstić information content (AvgIpc) is 3.14. The number of benzene rings is 3. The maximum atomic E-state index is 13.7. The number of ether oxygens (including phenoxy) is 2. The van der Waals surface area contributed by atoms with E-state index < -0.39 is 11.9 Å². The average molecular weight is 486 g/mol. The SMILES string of the molecule is CCOC(=O)C1=C(C)NC2=C(C(=O)c3ccccc32)[C@@H]1c1ccccc1OCc1ccccc1Cl. The van der Waals surface area contributed by atoms with Gasteiger partial charge < -0.3 is 14.8 Å². The lowest BCUT2D eigenvalue weighted by Gasteiger charge is -2.30. The summed E-state index contributed by atoms with van der Waals surface area (Å²) >= 11 is 6.33. The number of para-hydroxylation sites is 1. The molecule has 1 heterocycles. The summed E-state index contributed by atoms with van der Waals surface area (Å²) in [6.07, 6.45) is 0. The molecule has 0 saturated carbocycles. The molecule has 1 N–H and O–H groups in total. The van der Waals surface area contributed by atoms with E-state index in [1.54, 1.807) is 6.92 Å². The lowest BCUT2D eigenvalue weighted by atomic mass is 9.79. The molecule has 0 aromatic heterocycles. The molecule has 0 fully saturated rings. The molecule has 3 aromatic carbocycles. The fourth-order valence-electron chi connectivity index (χ4n) is 4.74. The van der Waals surface area contributed by atoms with Crippen molar-refractivity contribution in [2.24, 2.45) is 0 Å². The van der Waals surface area contributed by atoms with Crippen LogP contribution < -0.4 is 10.1 Å². The normalized spacial score (nSPS) is 16.5. The van der Waals surface area contributed by atoms with Crippen LogP contribution in [0, 0.1) is 0 Å². The van der Waals surface area contributed by atoms with Crippen LogP contribution in [0.25, 0.3) is 5.70 Å². The van der Waals surface area contributed by atoms with E-state index in [0.717, 1.165) is 22.4 Å². The molecule has 0 radical (unpaired) electrons. The molecule has 3 aromatic rings. The van der Waals surface area contributed by atoms with Gasteiger partial charge in [-0.2, -0.15) is 0 Å². The zero-order valence-corrected chi connectivity index (χ0v) is 20.2. The molecule has 2 aliphatic rings. The highest BCUT2D eigenvalue weighted by atomic mass is 35.5. The number of Topliss-reactive ketones (excluding diaryl/α,β-unsaturated/α-hetero) is 1. The number of carbonyl (C=O) groups is 2. The van der Waals surface area contributed by atoms with Crippen LogP contribution in [-0.2, 0) is 16.1 Å². The molecule has 1 aliphatic heterocycles. The van der Waals surface area contributed by atoms with Gasteiger partial charge in [-0.3, -0.25) is 4.79 Å². The first kappa shape index (κ1) is 22.9. The quantitative estimate of drug-likeness (QED) is 0.430. The van der Waals surface area contributed by atoms with Crippen LogP contribution in [0.2, 0.25) is 5.02 Å². The number of fused-ring (bicyclic) bond motifs is 2. The van der Waals surface area contributed by atoms with E-state index in [4.69, 9.17) is 21.1 Å². The van der Waals surface area contributed by atoms with Crippen LogP contribution in [0.15, 0.2) is 89.6 Å². The van der Waals surface area contributed by atoms with E-state index in [-0.39, 0.29) is 19.0 Å². The number of hydrogen-bond acceptors (Lipinski definition) is 5. The first-order valence-corrected chi connectivity index (χ1v) is 11.9. The van der Waals surface area contributed by atoms with Gasteiger partial charge in [-0.05, 0) is 26.0 Å². The standard InChI is InChI=1S/C29H24ClNO4/c1-3-34-29(33)24-17(2)31-27-19-11-5-6-12-20(19)28(32)26(27)25(24)21-13-7-9-15-23(21)35-16-18-10-4-8-14-22(18)30/h4-15,25,31H,3,16H2,1-2H3/t25-/m1/s1. The van der Waals surface area contributed by atoms with Gasteiger partial charge in [-0.25, -0.2) is 4.79 Å². The van der Waals surface area contributed by atoms with Crippen LogP contribution >= 0.6 is 11.6 Å². The first-order valence-electron chi connectivity index (χ1n) is 11.5. The van der Waals surface area contributed by atoms with Gasteiger partial charge in [-0.15, -0.1) is 0 Å². The zero-order chi connectivity index (χ0) is 24.5. The Morgan fingerprint density at radius 3 is 2.43 bits per heavy atom. The number of halogens is 1. The summed E-state index contributed by atoms with van der Waals surface area (Å²) in [5.41, 5.74) is 5.30. The predicted octanol–water partition coefficient (Wildman–Crippen LogP) is 6.05. The van der Waals surface area contributed by atoms with Crippen molar-refractivity contribution in [1.29, 1.82) is 0 Å². The Morgan fingerprint density at radius 1 is 0.971 bits per heavy atom. The molecule has 5 rings (SSSR count). The number of ketones is 1. The van der Waals surface area contributed by atoms with E-state index in [0.29, 0.717) is 33.2 Å². The summed E-state index contributed by atoms with van der Waals surface area (Å²) in [6, 6.07) is 22.5. The van der Waals surface area contributed by atoms with E-state index >= 15 is 0 Å². The number of nitrogens with one attached hydrogen (secondary N) is 1. The summed E-state index contributed by atoms with van der Waals surface area (Å²) in [7, 11) is 0. The Morgan fingerprint density at radius 2 is 1.66 bits per heavy atom. The molecule has 5 nitrogen and oxygen atoms in total. The Kier molecular flexibility index (Phi) is 6.18. The van der Waals surface area contributed by atoms with Gasteiger partial charge in [0.25, 0.3) is 0 Å². The van der Waals surface area contributed by atoms with Crippen molar-refractivity contribution >= 4 is 29.1 Å². The van der Waals surface area contributed by atoms with Crippen LogP contribution in [0.1, 0.15) is 46.8 Å². The van der Waals surface area contributed by atoms with E-state index in [2.05, 4.69) is 5.32 Å². The summed E-state index contributed by atoms with van der Waals surface area (Å²) in [4.78, 5) is 26.8. The summed E-state index contributed by atoms with van der Waals surface area (Å²) in [5.74, 6) is -0.640. The lowest BCUT2D eigenvalue weighted by Crippen LogP contribution is -2.29. The van der Waals surface area contributed by atoms with Crippen molar-refractivity contribution < 1.29 is 19.1 Å². The summed E-state index contributed by atoms with van der Waals surface area (Å²) < 4.78 is 11.6. The van der Waals surface area contributed by atoms with E-state index in [9.17, 15) is 9.59 Å². The van der Waals surface area contributed by atoms with Gasteiger partial charge in [0, 0.05) is 38.5 Å². The number of allylic oxidation sites excluding steroid dienone is 2. The predicted molar refractivity (Wildman–Crippen MR) is 135 cm³/mol. The molecule has 1 atom stereocenters. The highest BCUT2D eigenvalue weighted by Gasteiger charge is 2.43. The Labute approximate surface area is 209 Å². The second kappa shape index (κ2) is 9.43. The monoisotopic (exact) mass is 485 g/mol. The molecule has 0 saturated heterocycles. The van der Waals surface area contributed by atoms with Crippen molar-refractivity contribution in [2.75, 3.05) is 6.61 Å². The maximum Gasteiger partial charge on any atom is 0.336 e. The molecule has 176 valence electrons. The number of hydrogen-bond donors (Lipinski definition) is 1. The van der Waals surface area contributed by atoms with Gasteiger partial charge in [0.1, 0.15) is 12.4 Å². The number of carbonyl (C=O) groups excluding carboxylic acids is 2. The number of dihydropyridines is 1. The number of esters is 1. The van der Waals surface area contributed by atoms with Gasteiger partial charge in [-0.1, -0.05) is 72.3 Å². The topological polar surface area (TPSA) is 64.6 Å². The number of rotatable bonds is 6. The fourth-order valence-corrected chi connectivity index (χ4v) is 4.93. The Hall–Kier alpha value is -3.83. The van der Waals surface area contributed by atoms with Crippen molar-refractivity contribution in [3.05, 3.63) is 117 Å². The largest absolute Gasteiger partial charge is 0.489 e. The van der Waals surface area contributed by atoms with Gasteiger partial charge in [0.15, 0.2) is 5.78 Å². The van der Waals surface area contributed by atoms with Crippen LogP contribution in [-0.4, -0.2) is 18.4 Å². The second-order valence-electron chi connectivity index (χ2n) is 8.40. The third kappa shape index (κ3) is 4.02. The Balaban J connectivity index is 1.63. The van der Waals surface area contributed by atoms with E-state index in [1.807, 2.05) is 79.7 Å². The minimum absolute atomic E-state index is 0.108. The zero-order valence-electron chi connectivity index (χ0n) is 19.4.